The number of thiazole rings is 1. The molecule has 1 unspecified atom stereocenters. The lowest BCUT2D eigenvalue weighted by Gasteiger charge is -2.16. The number of benzene rings is 1. The van der Waals surface area contributed by atoms with Crippen LogP contribution >= 0.6 is 11.3 Å². The van der Waals surface area contributed by atoms with Crippen LogP contribution in [-0.4, -0.2) is 39.3 Å². The van der Waals surface area contributed by atoms with E-state index in [-0.39, 0.29) is 12.3 Å². The van der Waals surface area contributed by atoms with Crippen molar-refractivity contribution in [2.75, 3.05) is 11.4 Å². The molecule has 4 rings (SSSR count). The molecule has 0 N–H and O–H groups in total. The smallest absolute Gasteiger partial charge is 0.312 e. The predicted molar refractivity (Wildman–Crippen MR) is 120 cm³/mol. The van der Waals surface area contributed by atoms with Gasteiger partial charge in [-0.2, -0.15) is 5.10 Å². The Morgan fingerprint density at radius 1 is 1.29 bits per heavy atom. The Bertz CT molecular complexity index is 1100. The van der Waals surface area contributed by atoms with E-state index in [9.17, 15) is 9.59 Å². The Morgan fingerprint density at radius 2 is 2.03 bits per heavy atom. The van der Waals surface area contributed by atoms with Crippen molar-refractivity contribution in [2.24, 2.45) is 7.05 Å². The number of esters is 1. The minimum atomic E-state index is -0.760. The minimum absolute atomic E-state index is 0.0508. The van der Waals surface area contributed by atoms with Gasteiger partial charge in [0.05, 0.1) is 17.8 Å². The highest BCUT2D eigenvalue weighted by atomic mass is 32.1. The lowest BCUT2D eigenvalue weighted by atomic mass is 10.0. The van der Waals surface area contributed by atoms with E-state index >= 15 is 0 Å². The number of aryl methyl sites for hydroxylation is 2. The Morgan fingerprint density at radius 3 is 2.68 bits per heavy atom. The summed E-state index contributed by atoms with van der Waals surface area (Å²) in [6.45, 7) is 6.70. The van der Waals surface area contributed by atoms with E-state index in [0.29, 0.717) is 30.4 Å². The molecule has 1 aliphatic rings. The largest absolute Gasteiger partial charge is 0.452 e. The fraction of sp³-hybridized carbons (Fsp3) is 0.391. The van der Waals surface area contributed by atoms with Crippen LogP contribution in [0.1, 0.15) is 43.1 Å². The maximum absolute atomic E-state index is 12.7. The topological polar surface area (TPSA) is 77.3 Å². The maximum atomic E-state index is 12.7. The maximum Gasteiger partial charge on any atom is 0.312 e. The van der Waals surface area contributed by atoms with Crippen LogP contribution in [0.4, 0.5) is 5.82 Å². The summed E-state index contributed by atoms with van der Waals surface area (Å²) in [5.41, 5.74) is 3.80. The molecule has 3 heterocycles. The number of carbonyl (C=O) groups is 2. The van der Waals surface area contributed by atoms with Crippen LogP contribution < -0.4 is 4.90 Å². The van der Waals surface area contributed by atoms with Gasteiger partial charge < -0.3 is 4.74 Å². The summed E-state index contributed by atoms with van der Waals surface area (Å²) >= 11 is 1.50. The third kappa shape index (κ3) is 4.54. The Balaban J connectivity index is 1.36. The first-order valence-corrected chi connectivity index (χ1v) is 11.3. The fourth-order valence-corrected chi connectivity index (χ4v) is 4.55. The van der Waals surface area contributed by atoms with Crippen molar-refractivity contribution in [1.29, 1.82) is 0 Å². The average molecular weight is 439 g/mol. The van der Waals surface area contributed by atoms with Crippen molar-refractivity contribution >= 4 is 29.0 Å². The zero-order valence-corrected chi connectivity index (χ0v) is 19.0. The highest BCUT2D eigenvalue weighted by Gasteiger charge is 2.36. The number of hydrogen-bond acceptors (Lipinski definition) is 6. The van der Waals surface area contributed by atoms with Gasteiger partial charge in [-0.3, -0.25) is 19.2 Å². The average Bonchev–Trinajstić information content (AvgIpc) is 3.42. The van der Waals surface area contributed by atoms with Crippen LogP contribution in [0.2, 0.25) is 0 Å². The zero-order chi connectivity index (χ0) is 22.1. The number of nitrogens with zero attached hydrogens (tertiary/aromatic N) is 4. The number of anilines is 1. The van der Waals surface area contributed by atoms with Crippen LogP contribution in [0, 0.1) is 6.92 Å². The molecule has 0 spiro atoms. The lowest BCUT2D eigenvalue weighted by Crippen LogP contribution is -2.33. The van der Waals surface area contributed by atoms with Gasteiger partial charge in [0.1, 0.15) is 10.8 Å². The van der Waals surface area contributed by atoms with Gasteiger partial charge in [-0.25, -0.2) is 4.98 Å². The Hall–Kier alpha value is -3.00. The summed E-state index contributed by atoms with van der Waals surface area (Å²) in [5.74, 6) is 0.550. The molecule has 0 bridgehead atoms. The second-order valence-corrected chi connectivity index (χ2v) is 8.98. The number of aromatic nitrogens is 3. The van der Waals surface area contributed by atoms with Crippen molar-refractivity contribution in [1.82, 2.24) is 14.8 Å². The first-order chi connectivity index (χ1) is 14.8. The number of carbonyl (C=O) groups excluding carboxylic acids is 2. The van der Waals surface area contributed by atoms with E-state index in [2.05, 4.69) is 48.2 Å². The molecule has 1 amide bonds. The first kappa shape index (κ1) is 21.2. The molecule has 0 aliphatic carbocycles. The molecule has 1 atom stereocenters. The second kappa shape index (κ2) is 8.63. The monoisotopic (exact) mass is 438 g/mol. The van der Waals surface area contributed by atoms with Crippen molar-refractivity contribution in [2.45, 2.75) is 45.6 Å². The first-order valence-electron chi connectivity index (χ1n) is 10.4. The number of rotatable bonds is 6. The quantitative estimate of drug-likeness (QED) is 0.546. The molecule has 2 aromatic heterocycles. The highest BCUT2D eigenvalue weighted by Crippen LogP contribution is 2.27. The molecule has 3 aromatic rings. The number of amides is 1. The molecule has 1 aliphatic heterocycles. The van der Waals surface area contributed by atoms with E-state index in [1.807, 2.05) is 18.4 Å². The van der Waals surface area contributed by atoms with Gasteiger partial charge in [-0.05, 0) is 18.4 Å². The summed E-state index contributed by atoms with van der Waals surface area (Å²) < 4.78 is 7.16. The molecule has 1 aromatic carbocycles. The molecule has 31 heavy (non-hydrogen) atoms. The van der Waals surface area contributed by atoms with E-state index in [4.69, 9.17) is 4.74 Å². The number of ether oxygens (including phenoxy) is 1. The summed E-state index contributed by atoms with van der Waals surface area (Å²) in [6.07, 6.45) is -0.238. The van der Waals surface area contributed by atoms with Crippen molar-refractivity contribution in [3.63, 3.8) is 0 Å². The van der Waals surface area contributed by atoms with Gasteiger partial charge in [-0.15, -0.1) is 11.3 Å². The standard InChI is InChI=1S/C23H26N4O3S/c1-14(2)16-5-7-17(8-6-16)22-24-18(13-31-22)12-21(28)30-19-9-10-27(23(19)29)20-11-15(3)25-26(20)4/h5-8,11,13-14,19H,9-10,12H2,1-4H3. The summed E-state index contributed by atoms with van der Waals surface area (Å²) in [5, 5.41) is 7.02. The van der Waals surface area contributed by atoms with Gasteiger partial charge in [0.15, 0.2) is 6.10 Å². The third-order valence-corrected chi connectivity index (χ3v) is 6.33. The van der Waals surface area contributed by atoms with E-state index in [1.165, 1.54) is 16.9 Å². The van der Waals surface area contributed by atoms with Crippen LogP contribution in [-0.2, 0) is 27.8 Å². The number of hydrogen-bond donors (Lipinski definition) is 0. The Labute approximate surface area is 185 Å². The molecule has 1 saturated heterocycles. The van der Waals surface area contributed by atoms with E-state index in [1.54, 1.807) is 16.6 Å². The van der Waals surface area contributed by atoms with Crippen LogP contribution in [0.15, 0.2) is 35.7 Å². The third-order valence-electron chi connectivity index (χ3n) is 5.39. The van der Waals surface area contributed by atoms with Gasteiger partial charge in [-0.1, -0.05) is 38.1 Å². The molecule has 0 radical (unpaired) electrons. The zero-order valence-electron chi connectivity index (χ0n) is 18.2. The molecular formula is C23H26N4O3S. The minimum Gasteiger partial charge on any atom is -0.452 e. The van der Waals surface area contributed by atoms with Gasteiger partial charge >= 0.3 is 5.97 Å². The van der Waals surface area contributed by atoms with Crippen LogP contribution in [0.5, 0.6) is 0 Å². The van der Waals surface area contributed by atoms with Gasteiger partial charge in [0, 0.05) is 37.0 Å². The van der Waals surface area contributed by atoms with Gasteiger partial charge in [0.25, 0.3) is 5.91 Å². The second-order valence-electron chi connectivity index (χ2n) is 8.12. The molecule has 162 valence electrons. The molecular weight excluding hydrogens is 412 g/mol. The molecule has 1 fully saturated rings. The summed E-state index contributed by atoms with van der Waals surface area (Å²) in [6, 6.07) is 10.2. The summed E-state index contributed by atoms with van der Waals surface area (Å²) in [7, 11) is 1.80. The molecule has 7 nitrogen and oxygen atoms in total. The molecule has 8 heteroatoms. The van der Waals surface area contributed by atoms with Crippen molar-refractivity contribution < 1.29 is 14.3 Å². The fourth-order valence-electron chi connectivity index (χ4n) is 3.72. The van der Waals surface area contributed by atoms with Crippen LogP contribution in [0.25, 0.3) is 10.6 Å². The van der Waals surface area contributed by atoms with Crippen LogP contribution in [0.3, 0.4) is 0 Å². The Kier molecular flexibility index (Phi) is 5.91. The normalized spacial score (nSPS) is 16.4. The molecule has 0 saturated carbocycles. The SMILES string of the molecule is Cc1cc(N2CCC(OC(=O)Cc3csc(-c4ccc(C(C)C)cc4)n3)C2=O)n(C)n1. The van der Waals surface area contributed by atoms with E-state index < -0.39 is 12.1 Å². The van der Waals surface area contributed by atoms with Gasteiger partial charge in [0.2, 0.25) is 0 Å². The van der Waals surface area contributed by atoms with Crippen molar-refractivity contribution in [3.05, 3.63) is 52.7 Å². The van der Waals surface area contributed by atoms with E-state index in [0.717, 1.165) is 16.3 Å². The van der Waals surface area contributed by atoms with Crippen molar-refractivity contribution in [3.8, 4) is 10.6 Å². The lowest BCUT2D eigenvalue weighted by molar-refractivity contribution is -0.152. The predicted octanol–water partition coefficient (Wildman–Crippen LogP) is 3.87. The summed E-state index contributed by atoms with van der Waals surface area (Å²) in [4.78, 5) is 31.4. The highest BCUT2D eigenvalue weighted by molar-refractivity contribution is 7.13.